The molecule has 2 fully saturated rings. The number of allylic oxidation sites excluding steroid dienone is 1. The second kappa shape index (κ2) is 13.2. The van der Waals surface area contributed by atoms with Crippen LogP contribution in [0.4, 0.5) is 0 Å². The molecule has 1 unspecified atom stereocenters. The van der Waals surface area contributed by atoms with E-state index in [-0.39, 0.29) is 0 Å². The SMILES string of the molecule is CCCC1CCC(C(C)/C=C/c2ccc(-c3ccc(C4O[C@@H](C(=O)OC)[C@H](C(=O)OC)O4)cc3)cc2)CC1. The van der Waals surface area contributed by atoms with Gasteiger partial charge < -0.3 is 18.9 Å². The lowest BCUT2D eigenvalue weighted by Crippen LogP contribution is -2.38. The molecule has 3 atom stereocenters. The molecule has 1 heterocycles. The van der Waals surface area contributed by atoms with Crippen molar-refractivity contribution < 1.29 is 28.5 Å². The minimum atomic E-state index is -1.17. The summed E-state index contributed by atoms with van der Waals surface area (Å²) in [6.45, 7) is 4.65. The largest absolute Gasteiger partial charge is 0.467 e. The first-order valence-corrected chi connectivity index (χ1v) is 13.8. The first-order chi connectivity index (χ1) is 18.4. The van der Waals surface area contributed by atoms with Gasteiger partial charge in [-0.05, 0) is 47.3 Å². The quantitative estimate of drug-likeness (QED) is 0.341. The molecule has 2 aliphatic rings. The van der Waals surface area contributed by atoms with Crippen LogP contribution >= 0.6 is 0 Å². The van der Waals surface area contributed by atoms with E-state index in [9.17, 15) is 9.59 Å². The second-order valence-electron chi connectivity index (χ2n) is 10.5. The summed E-state index contributed by atoms with van der Waals surface area (Å²) in [7, 11) is 2.48. The Morgan fingerprint density at radius 1 is 0.868 bits per heavy atom. The van der Waals surface area contributed by atoms with Gasteiger partial charge in [-0.1, -0.05) is 100 Å². The molecule has 2 aromatic carbocycles. The highest BCUT2D eigenvalue weighted by Gasteiger charge is 2.47. The van der Waals surface area contributed by atoms with Crippen LogP contribution in [0.2, 0.25) is 0 Å². The zero-order valence-corrected chi connectivity index (χ0v) is 22.9. The Morgan fingerprint density at radius 2 is 1.39 bits per heavy atom. The Bertz CT molecular complexity index is 1060. The molecule has 1 aliphatic heterocycles. The summed E-state index contributed by atoms with van der Waals surface area (Å²) in [4.78, 5) is 24.1. The Hall–Kier alpha value is -2.96. The van der Waals surface area contributed by atoms with Crippen molar-refractivity contribution in [2.24, 2.45) is 17.8 Å². The van der Waals surface area contributed by atoms with Crippen LogP contribution in [0, 0.1) is 17.8 Å². The van der Waals surface area contributed by atoms with Gasteiger partial charge in [0, 0.05) is 5.56 Å². The molecule has 1 aliphatic carbocycles. The van der Waals surface area contributed by atoms with Crippen LogP contribution in [-0.2, 0) is 28.5 Å². The van der Waals surface area contributed by atoms with Gasteiger partial charge in [-0.2, -0.15) is 0 Å². The number of ether oxygens (including phenoxy) is 4. The molecular formula is C32H40O6. The predicted molar refractivity (Wildman–Crippen MR) is 147 cm³/mol. The fourth-order valence-corrected chi connectivity index (χ4v) is 5.64. The molecule has 2 aromatic rings. The molecular weight excluding hydrogens is 480 g/mol. The average Bonchev–Trinajstić information content (AvgIpc) is 3.42. The van der Waals surface area contributed by atoms with E-state index in [2.05, 4.69) is 50.3 Å². The lowest BCUT2D eigenvalue weighted by Gasteiger charge is -2.31. The summed E-state index contributed by atoms with van der Waals surface area (Å²) in [5, 5.41) is 0. The van der Waals surface area contributed by atoms with Crippen molar-refractivity contribution in [3.8, 4) is 11.1 Å². The molecule has 6 nitrogen and oxygen atoms in total. The minimum absolute atomic E-state index is 0.599. The van der Waals surface area contributed by atoms with Crippen molar-refractivity contribution in [2.75, 3.05) is 14.2 Å². The summed E-state index contributed by atoms with van der Waals surface area (Å²) in [6, 6.07) is 16.2. The zero-order valence-electron chi connectivity index (χ0n) is 22.9. The monoisotopic (exact) mass is 520 g/mol. The lowest BCUT2D eigenvalue weighted by atomic mass is 9.75. The van der Waals surface area contributed by atoms with Crippen molar-refractivity contribution in [1.29, 1.82) is 0 Å². The van der Waals surface area contributed by atoms with E-state index >= 15 is 0 Å². The summed E-state index contributed by atoms with van der Waals surface area (Å²) in [5.74, 6) is 0.990. The third-order valence-corrected chi connectivity index (χ3v) is 8.03. The van der Waals surface area contributed by atoms with E-state index in [4.69, 9.17) is 18.9 Å². The number of benzene rings is 2. The van der Waals surface area contributed by atoms with E-state index in [1.807, 2.05) is 24.3 Å². The van der Waals surface area contributed by atoms with Gasteiger partial charge in [0.25, 0.3) is 0 Å². The summed E-state index contributed by atoms with van der Waals surface area (Å²) >= 11 is 0. The van der Waals surface area contributed by atoms with Gasteiger partial charge in [-0.3, -0.25) is 0 Å². The average molecular weight is 521 g/mol. The van der Waals surface area contributed by atoms with Crippen LogP contribution in [0.1, 0.15) is 69.8 Å². The van der Waals surface area contributed by atoms with Gasteiger partial charge in [0.05, 0.1) is 14.2 Å². The van der Waals surface area contributed by atoms with E-state index < -0.39 is 30.4 Å². The molecule has 0 aromatic heterocycles. The number of hydrogen-bond acceptors (Lipinski definition) is 6. The smallest absolute Gasteiger partial charge is 0.338 e. The maximum absolute atomic E-state index is 12.0. The maximum Gasteiger partial charge on any atom is 0.338 e. The molecule has 1 saturated carbocycles. The first-order valence-electron chi connectivity index (χ1n) is 13.8. The highest BCUT2D eigenvalue weighted by molar-refractivity contribution is 5.86. The van der Waals surface area contributed by atoms with E-state index in [1.165, 1.54) is 58.3 Å². The molecule has 0 amide bonds. The molecule has 0 bridgehead atoms. The van der Waals surface area contributed by atoms with Gasteiger partial charge in [0.1, 0.15) is 0 Å². The van der Waals surface area contributed by atoms with Gasteiger partial charge in [0.2, 0.25) is 0 Å². The third kappa shape index (κ3) is 6.72. The molecule has 1 saturated heterocycles. The summed E-state index contributed by atoms with van der Waals surface area (Å²) in [6.07, 6.45) is 9.61. The van der Waals surface area contributed by atoms with Crippen LogP contribution in [-0.4, -0.2) is 38.4 Å². The predicted octanol–water partition coefficient (Wildman–Crippen LogP) is 6.74. The molecule has 0 radical (unpaired) electrons. The second-order valence-corrected chi connectivity index (χ2v) is 10.5. The number of carbonyl (C=O) groups excluding carboxylic acids is 2. The summed E-state index contributed by atoms with van der Waals surface area (Å²) in [5.41, 5.74) is 4.05. The first kappa shape index (κ1) is 28.1. The van der Waals surface area contributed by atoms with Crippen molar-refractivity contribution in [2.45, 2.75) is 70.9 Å². The highest BCUT2D eigenvalue weighted by atomic mass is 16.8. The van der Waals surface area contributed by atoms with Crippen LogP contribution in [0.5, 0.6) is 0 Å². The zero-order chi connectivity index (χ0) is 27.1. The van der Waals surface area contributed by atoms with E-state index in [0.29, 0.717) is 11.5 Å². The van der Waals surface area contributed by atoms with Crippen LogP contribution < -0.4 is 0 Å². The van der Waals surface area contributed by atoms with Crippen molar-refractivity contribution in [3.63, 3.8) is 0 Å². The van der Waals surface area contributed by atoms with Gasteiger partial charge >= 0.3 is 11.9 Å². The number of carbonyl (C=O) groups is 2. The van der Waals surface area contributed by atoms with Crippen LogP contribution in [0.3, 0.4) is 0 Å². The molecule has 0 N–H and O–H groups in total. The Balaban J connectivity index is 1.35. The normalized spacial score (nSPS) is 24.8. The third-order valence-electron chi connectivity index (χ3n) is 8.03. The van der Waals surface area contributed by atoms with Gasteiger partial charge in [-0.25, -0.2) is 9.59 Å². The van der Waals surface area contributed by atoms with Crippen molar-refractivity contribution >= 4 is 18.0 Å². The van der Waals surface area contributed by atoms with Crippen molar-refractivity contribution in [3.05, 3.63) is 65.7 Å². The lowest BCUT2D eigenvalue weighted by molar-refractivity contribution is -0.160. The Labute approximate surface area is 226 Å². The Morgan fingerprint density at radius 3 is 1.89 bits per heavy atom. The molecule has 4 rings (SSSR count). The van der Waals surface area contributed by atoms with Gasteiger partial charge in [0.15, 0.2) is 18.5 Å². The fraction of sp³-hybridized carbons (Fsp3) is 0.500. The number of hydrogen-bond donors (Lipinski definition) is 0. The van der Waals surface area contributed by atoms with Crippen LogP contribution in [0.15, 0.2) is 54.6 Å². The molecule has 0 spiro atoms. The minimum Gasteiger partial charge on any atom is -0.467 e. The molecule has 6 heteroatoms. The van der Waals surface area contributed by atoms with Gasteiger partial charge in [-0.15, -0.1) is 0 Å². The number of esters is 2. The summed E-state index contributed by atoms with van der Waals surface area (Å²) < 4.78 is 20.9. The van der Waals surface area contributed by atoms with E-state index in [1.54, 1.807) is 0 Å². The topological polar surface area (TPSA) is 71.1 Å². The van der Waals surface area contributed by atoms with E-state index in [0.717, 1.165) is 23.0 Å². The van der Waals surface area contributed by atoms with Crippen LogP contribution in [0.25, 0.3) is 17.2 Å². The molecule has 204 valence electrons. The number of rotatable bonds is 9. The maximum atomic E-state index is 12.0. The van der Waals surface area contributed by atoms with Crippen molar-refractivity contribution in [1.82, 2.24) is 0 Å². The Kier molecular flexibility index (Phi) is 9.75. The standard InChI is InChI=1S/C32H40O6/c1-5-6-22-9-13-24(14-10-22)21(2)7-8-23-11-15-25(16-12-23)26-17-19-27(20-18-26)32-37-28(30(33)35-3)29(38-32)31(34)36-4/h7-8,11-12,15-22,24,28-29,32H,5-6,9-10,13-14H2,1-4H3/b8-7+/t21?,22?,24?,28-,29-/m1/s1. The number of methoxy groups -OCH3 is 2. The highest BCUT2D eigenvalue weighted by Crippen LogP contribution is 2.36. The fourth-order valence-electron chi connectivity index (χ4n) is 5.64. The molecule has 38 heavy (non-hydrogen) atoms.